The van der Waals surface area contributed by atoms with Crippen LogP contribution in [0.2, 0.25) is 0 Å². The van der Waals surface area contributed by atoms with Gasteiger partial charge in [-0.05, 0) is 48.3 Å². The second-order valence-electron chi connectivity index (χ2n) is 8.78. The molecular formula is C22H44Cl2FeP2Pd. The normalized spacial score (nSPS) is 18.1. The van der Waals surface area contributed by atoms with Gasteiger partial charge in [-0.25, -0.2) is 0 Å². The molecule has 0 aromatic heterocycles. The molecular weight excluding hydrogens is 559 g/mol. The maximum atomic E-state index is 4.81. The molecule has 0 aromatic rings. The molecule has 2 rings (SSSR count). The topological polar surface area (TPSA) is 0 Å². The van der Waals surface area contributed by atoms with Gasteiger partial charge in [0.15, 0.2) is 0 Å². The predicted molar refractivity (Wildman–Crippen MR) is 130 cm³/mol. The van der Waals surface area contributed by atoms with Gasteiger partial charge >= 0.3 is 35.0 Å². The van der Waals surface area contributed by atoms with E-state index in [-0.39, 0.29) is 48.9 Å². The third kappa shape index (κ3) is 13.2. The van der Waals surface area contributed by atoms with Gasteiger partial charge in [0.1, 0.15) is 0 Å². The van der Waals surface area contributed by atoms with Gasteiger partial charge in [0.05, 0.1) is 0 Å². The van der Waals surface area contributed by atoms with Gasteiger partial charge in [-0.15, -0.1) is 0 Å². The fourth-order valence-corrected chi connectivity index (χ4v) is 11.7. The molecule has 6 heteroatoms. The quantitative estimate of drug-likeness (QED) is 0.209. The Bertz CT molecular complexity index is 297. The summed E-state index contributed by atoms with van der Waals surface area (Å²) >= 11 is -0.106. The molecule has 28 heavy (non-hydrogen) atoms. The zero-order valence-corrected chi connectivity index (χ0v) is 25.2. The van der Waals surface area contributed by atoms with E-state index >= 15 is 0 Å². The SMILES string of the molecule is CC(C)P([C]1CCCC1)C(C)C.CC(C)P([C]1CCCC1)C(C)C.[Cl][Pd][Cl].[Fe]. The van der Waals surface area contributed by atoms with E-state index in [1.54, 1.807) is 0 Å². The predicted octanol–water partition coefficient (Wildman–Crippen LogP) is 10.2. The summed E-state index contributed by atoms with van der Waals surface area (Å²) in [6.07, 6.45) is 11.6. The molecule has 0 saturated heterocycles. The average Bonchev–Trinajstić information content (AvgIpc) is 3.21. The van der Waals surface area contributed by atoms with Gasteiger partial charge in [-0.3, -0.25) is 0 Å². The van der Waals surface area contributed by atoms with Crippen LogP contribution in [0.4, 0.5) is 0 Å². The monoisotopic (exact) mass is 602 g/mol. The minimum absolute atomic E-state index is 0. The van der Waals surface area contributed by atoms with Crippen LogP contribution in [-0.4, -0.2) is 22.6 Å². The molecule has 0 N–H and O–H groups in total. The summed E-state index contributed by atoms with van der Waals surface area (Å²) in [5.74, 6) is 0. The van der Waals surface area contributed by atoms with Gasteiger partial charge in [-0.1, -0.05) is 96.9 Å². The van der Waals surface area contributed by atoms with Crippen molar-refractivity contribution in [1.29, 1.82) is 0 Å². The van der Waals surface area contributed by atoms with Crippen LogP contribution in [-0.2, 0) is 33.0 Å². The molecule has 0 spiro atoms. The average molecular weight is 604 g/mol. The summed E-state index contributed by atoms with van der Waals surface area (Å²) in [7, 11) is 10.1. The molecule has 2 radical (unpaired) electrons. The van der Waals surface area contributed by atoms with Crippen LogP contribution >= 0.6 is 34.9 Å². The van der Waals surface area contributed by atoms with E-state index in [1.807, 2.05) is 11.3 Å². The molecule has 2 saturated carbocycles. The van der Waals surface area contributed by atoms with Crippen molar-refractivity contribution in [3.8, 4) is 0 Å². The second-order valence-corrected chi connectivity index (χ2v) is 18.2. The van der Waals surface area contributed by atoms with Crippen LogP contribution in [0.15, 0.2) is 0 Å². The number of halogens is 2. The van der Waals surface area contributed by atoms with Crippen LogP contribution in [0.25, 0.3) is 0 Å². The van der Waals surface area contributed by atoms with Crippen molar-refractivity contribution in [3.63, 3.8) is 0 Å². The van der Waals surface area contributed by atoms with E-state index < -0.39 is 0 Å². The molecule has 0 nitrogen and oxygen atoms in total. The van der Waals surface area contributed by atoms with Crippen LogP contribution in [0, 0.1) is 11.3 Å². The van der Waals surface area contributed by atoms with E-state index in [1.165, 1.54) is 51.4 Å². The van der Waals surface area contributed by atoms with Crippen molar-refractivity contribution in [3.05, 3.63) is 11.3 Å². The number of rotatable bonds is 6. The van der Waals surface area contributed by atoms with Crippen molar-refractivity contribution in [1.82, 2.24) is 0 Å². The number of hydrogen-bond acceptors (Lipinski definition) is 0. The first kappa shape index (κ1) is 32.8. The Balaban J connectivity index is 0. The Labute approximate surface area is 207 Å². The summed E-state index contributed by atoms with van der Waals surface area (Å²) in [4.78, 5) is 0. The molecule has 0 amide bonds. The maximum absolute atomic E-state index is 4.81. The van der Waals surface area contributed by atoms with Crippen molar-refractivity contribution in [2.24, 2.45) is 0 Å². The third-order valence-corrected chi connectivity index (χ3v) is 12.1. The van der Waals surface area contributed by atoms with Gasteiger partial charge in [0.25, 0.3) is 0 Å². The molecule has 0 aromatic carbocycles. The second kappa shape index (κ2) is 19.1. The van der Waals surface area contributed by atoms with Crippen molar-refractivity contribution >= 4 is 34.9 Å². The first-order valence-corrected chi connectivity index (χ1v) is 17.7. The van der Waals surface area contributed by atoms with Crippen LogP contribution in [0.3, 0.4) is 0 Å². The standard InChI is InChI=1S/2C11H22P.2ClH.Fe.Pd/c2*1-9(2)12(10(3)4)11-7-5-6-8-11;;;;/h2*9-10H,5-8H2,1-4H3;2*1H;;/q;;;;;+2/p-2. The van der Waals surface area contributed by atoms with E-state index in [4.69, 9.17) is 19.1 Å². The zero-order valence-electron chi connectivity index (χ0n) is 19.3. The molecule has 174 valence electrons. The summed E-state index contributed by atoms with van der Waals surface area (Å²) < 4.78 is 0. The third-order valence-electron chi connectivity index (χ3n) is 5.32. The molecule has 2 fully saturated rings. The largest absolute Gasteiger partial charge is 0 e. The Morgan fingerprint density at radius 1 is 0.571 bits per heavy atom. The smallest absolute Gasteiger partial charge is 0 e. The van der Waals surface area contributed by atoms with Crippen LogP contribution < -0.4 is 0 Å². The van der Waals surface area contributed by atoms with Crippen LogP contribution in [0.5, 0.6) is 0 Å². The maximum Gasteiger partial charge on any atom is 0 e. The fraction of sp³-hybridized carbons (Fsp3) is 0.909. The molecule has 2 aliphatic rings. The molecule has 0 bridgehead atoms. The van der Waals surface area contributed by atoms with Gasteiger partial charge in [-0.2, -0.15) is 0 Å². The summed E-state index contributed by atoms with van der Waals surface area (Å²) in [6, 6.07) is 0. The first-order chi connectivity index (χ1) is 12.7. The Kier molecular flexibility index (Phi) is 22.4. The Morgan fingerprint density at radius 2 is 0.750 bits per heavy atom. The van der Waals surface area contributed by atoms with Crippen molar-refractivity contribution in [2.75, 3.05) is 0 Å². The Morgan fingerprint density at radius 3 is 0.893 bits per heavy atom. The molecule has 0 heterocycles. The van der Waals surface area contributed by atoms with E-state index in [2.05, 4.69) is 55.4 Å². The first-order valence-electron chi connectivity index (χ1n) is 10.8. The molecule has 0 atom stereocenters. The molecule has 0 unspecified atom stereocenters. The van der Waals surface area contributed by atoms with Gasteiger partial charge < -0.3 is 0 Å². The Hall–Kier alpha value is 2.62. The number of hydrogen-bond donors (Lipinski definition) is 0. The van der Waals surface area contributed by atoms with Gasteiger partial charge in [0, 0.05) is 28.4 Å². The van der Waals surface area contributed by atoms with Crippen molar-refractivity contribution < 1.29 is 33.0 Å². The van der Waals surface area contributed by atoms with Crippen molar-refractivity contribution in [2.45, 2.75) is 129 Å². The minimum atomic E-state index is -0.106. The fourth-order valence-electron chi connectivity index (χ4n) is 4.74. The summed E-state index contributed by atoms with van der Waals surface area (Å²) in [5.41, 5.74) is 7.49. The zero-order chi connectivity index (χ0) is 21.0. The van der Waals surface area contributed by atoms with Gasteiger partial charge in [0.2, 0.25) is 0 Å². The molecule has 2 aliphatic carbocycles. The summed E-state index contributed by atoms with van der Waals surface area (Å²) in [5, 5.41) is 0. The van der Waals surface area contributed by atoms with E-state index in [0.717, 1.165) is 22.6 Å². The van der Waals surface area contributed by atoms with E-state index in [9.17, 15) is 0 Å². The van der Waals surface area contributed by atoms with Crippen LogP contribution in [0.1, 0.15) is 107 Å². The van der Waals surface area contributed by atoms with E-state index in [0.29, 0.717) is 0 Å². The molecule has 0 aliphatic heterocycles. The summed E-state index contributed by atoms with van der Waals surface area (Å²) in [6.45, 7) is 19.2. The minimum Gasteiger partial charge on any atom is 0 e.